The van der Waals surface area contributed by atoms with Crippen molar-refractivity contribution in [3.8, 4) is 0 Å². The topological polar surface area (TPSA) is 29.3 Å². The van der Waals surface area contributed by atoms with Gasteiger partial charge in [0, 0.05) is 18.6 Å². The first kappa shape index (κ1) is 13.5. The fraction of sp³-hybridized carbons (Fsp3) is 1.00. The molecule has 1 aliphatic heterocycles. The molecule has 1 saturated heterocycles. The summed E-state index contributed by atoms with van der Waals surface area (Å²) in [5.74, 6) is 0.829. The molecule has 2 fully saturated rings. The second-order valence-corrected chi connectivity index (χ2v) is 4.15. The van der Waals surface area contributed by atoms with Crippen molar-refractivity contribution >= 4 is 24.8 Å². The van der Waals surface area contributed by atoms with Gasteiger partial charge < -0.3 is 10.6 Å². The van der Waals surface area contributed by atoms with E-state index in [2.05, 4.69) is 11.8 Å². The Morgan fingerprint density at radius 3 is 2.38 bits per heavy atom. The van der Waals surface area contributed by atoms with E-state index in [4.69, 9.17) is 5.73 Å². The van der Waals surface area contributed by atoms with Crippen molar-refractivity contribution in [3.05, 3.63) is 0 Å². The van der Waals surface area contributed by atoms with E-state index < -0.39 is 0 Å². The molecule has 0 aromatic heterocycles. The number of halogens is 2. The van der Waals surface area contributed by atoms with E-state index in [9.17, 15) is 0 Å². The van der Waals surface area contributed by atoms with Crippen LogP contribution in [-0.2, 0) is 0 Å². The lowest BCUT2D eigenvalue weighted by molar-refractivity contribution is 0.256. The van der Waals surface area contributed by atoms with Gasteiger partial charge in [-0.05, 0) is 38.6 Å². The van der Waals surface area contributed by atoms with Crippen molar-refractivity contribution in [2.75, 3.05) is 13.1 Å². The molecular formula is C9H20Cl2N2. The Labute approximate surface area is 93.1 Å². The van der Waals surface area contributed by atoms with Gasteiger partial charge in [-0.25, -0.2) is 0 Å². The number of nitrogens with zero attached hydrogens (tertiary/aromatic N) is 1. The summed E-state index contributed by atoms with van der Waals surface area (Å²) >= 11 is 0. The molecule has 1 saturated carbocycles. The minimum absolute atomic E-state index is 0. The maximum atomic E-state index is 5.76. The maximum absolute atomic E-state index is 5.76. The van der Waals surface area contributed by atoms with Crippen molar-refractivity contribution in [1.82, 2.24) is 4.90 Å². The maximum Gasteiger partial charge on any atom is 0.00836 e. The quantitative estimate of drug-likeness (QED) is 0.777. The first-order valence-corrected chi connectivity index (χ1v) is 4.77. The smallest absolute Gasteiger partial charge is 0.00836 e. The Morgan fingerprint density at radius 1 is 1.38 bits per heavy atom. The third-order valence-corrected chi connectivity index (χ3v) is 3.14. The predicted octanol–water partition coefficient (Wildman–Crippen LogP) is 1.66. The van der Waals surface area contributed by atoms with Crippen LogP contribution in [0.25, 0.3) is 0 Å². The molecule has 0 radical (unpaired) electrons. The highest BCUT2D eigenvalue weighted by molar-refractivity contribution is 5.85. The molecule has 2 rings (SSSR count). The lowest BCUT2D eigenvalue weighted by Crippen LogP contribution is -2.30. The molecule has 0 aromatic carbocycles. The minimum atomic E-state index is 0. The van der Waals surface area contributed by atoms with Crippen LogP contribution in [-0.4, -0.2) is 30.1 Å². The van der Waals surface area contributed by atoms with Crippen LogP contribution < -0.4 is 5.73 Å². The SMILES string of the molecule is C[C@H]1CCCN1C[C@@H]1C[C@H]1N.Cl.Cl. The van der Waals surface area contributed by atoms with Gasteiger partial charge in [0.05, 0.1) is 0 Å². The standard InChI is InChI=1S/C9H18N2.2ClH/c1-7-3-2-4-11(7)6-8-5-9(8)10;;/h7-9H,2-6,10H2,1H3;2*1H/t7-,8-,9+;;/m0../s1. The monoisotopic (exact) mass is 226 g/mol. The van der Waals surface area contributed by atoms with E-state index in [1.54, 1.807) is 0 Å². The summed E-state index contributed by atoms with van der Waals surface area (Å²) in [5.41, 5.74) is 5.76. The first-order valence-electron chi connectivity index (χ1n) is 4.77. The van der Waals surface area contributed by atoms with Crippen molar-refractivity contribution < 1.29 is 0 Å². The van der Waals surface area contributed by atoms with Gasteiger partial charge in [0.15, 0.2) is 0 Å². The fourth-order valence-electron chi connectivity index (χ4n) is 2.05. The molecule has 2 aliphatic rings. The van der Waals surface area contributed by atoms with Gasteiger partial charge >= 0.3 is 0 Å². The van der Waals surface area contributed by atoms with Crippen LogP contribution in [0.2, 0.25) is 0 Å². The molecule has 1 aliphatic carbocycles. The van der Waals surface area contributed by atoms with Gasteiger partial charge in [0.2, 0.25) is 0 Å². The van der Waals surface area contributed by atoms with Gasteiger partial charge in [-0.15, -0.1) is 24.8 Å². The Kier molecular flexibility index (Phi) is 5.61. The lowest BCUT2D eigenvalue weighted by Gasteiger charge is -2.20. The van der Waals surface area contributed by atoms with Gasteiger partial charge in [-0.1, -0.05) is 0 Å². The molecular weight excluding hydrogens is 207 g/mol. The molecule has 0 spiro atoms. The second-order valence-electron chi connectivity index (χ2n) is 4.15. The lowest BCUT2D eigenvalue weighted by atomic mass is 10.2. The highest BCUT2D eigenvalue weighted by Gasteiger charge is 2.36. The Bertz CT molecular complexity index is 155. The van der Waals surface area contributed by atoms with Crippen LogP contribution in [0.4, 0.5) is 0 Å². The third kappa shape index (κ3) is 3.28. The summed E-state index contributed by atoms with van der Waals surface area (Å²) < 4.78 is 0. The molecule has 0 unspecified atom stereocenters. The average molecular weight is 227 g/mol. The number of nitrogens with two attached hydrogens (primary N) is 1. The van der Waals surface area contributed by atoms with Gasteiger partial charge in [0.25, 0.3) is 0 Å². The minimum Gasteiger partial charge on any atom is -0.327 e. The van der Waals surface area contributed by atoms with Gasteiger partial charge in [-0.3, -0.25) is 0 Å². The molecule has 4 heteroatoms. The summed E-state index contributed by atoms with van der Waals surface area (Å²) in [6.07, 6.45) is 4.05. The molecule has 1 heterocycles. The average Bonchev–Trinajstić information content (AvgIpc) is 2.48. The van der Waals surface area contributed by atoms with Crippen LogP contribution in [0.3, 0.4) is 0 Å². The highest BCUT2D eigenvalue weighted by Crippen LogP contribution is 2.31. The van der Waals surface area contributed by atoms with Crippen LogP contribution in [0.15, 0.2) is 0 Å². The summed E-state index contributed by atoms with van der Waals surface area (Å²) in [5, 5.41) is 0. The Balaban J connectivity index is 0.000000720. The Morgan fingerprint density at radius 2 is 2.00 bits per heavy atom. The van der Waals surface area contributed by atoms with Gasteiger partial charge in [-0.2, -0.15) is 0 Å². The number of likely N-dealkylation sites (tertiary alicyclic amines) is 1. The summed E-state index contributed by atoms with van der Waals surface area (Å²) in [6, 6.07) is 1.35. The highest BCUT2D eigenvalue weighted by atomic mass is 35.5. The first-order chi connectivity index (χ1) is 5.27. The zero-order valence-corrected chi connectivity index (χ0v) is 9.74. The van der Waals surface area contributed by atoms with E-state index in [-0.39, 0.29) is 24.8 Å². The molecule has 0 aromatic rings. The number of hydrogen-bond donors (Lipinski definition) is 1. The van der Waals surface area contributed by atoms with Crippen molar-refractivity contribution in [2.45, 2.75) is 38.3 Å². The van der Waals surface area contributed by atoms with Crippen LogP contribution in [0.5, 0.6) is 0 Å². The van der Waals surface area contributed by atoms with Gasteiger partial charge in [0.1, 0.15) is 0 Å². The van der Waals surface area contributed by atoms with Crippen molar-refractivity contribution in [2.24, 2.45) is 11.7 Å². The van der Waals surface area contributed by atoms with Crippen molar-refractivity contribution in [3.63, 3.8) is 0 Å². The summed E-state index contributed by atoms with van der Waals surface area (Å²) in [6.45, 7) is 4.91. The zero-order valence-electron chi connectivity index (χ0n) is 8.11. The molecule has 13 heavy (non-hydrogen) atoms. The van der Waals surface area contributed by atoms with E-state index >= 15 is 0 Å². The largest absolute Gasteiger partial charge is 0.327 e. The fourth-order valence-corrected chi connectivity index (χ4v) is 2.05. The van der Waals surface area contributed by atoms with E-state index in [1.165, 1.54) is 32.4 Å². The van der Waals surface area contributed by atoms with E-state index in [0.717, 1.165) is 12.0 Å². The molecule has 2 N–H and O–H groups in total. The van der Waals surface area contributed by atoms with Crippen molar-refractivity contribution in [1.29, 1.82) is 0 Å². The second kappa shape index (κ2) is 5.40. The van der Waals surface area contributed by atoms with Crippen LogP contribution >= 0.6 is 24.8 Å². The van der Waals surface area contributed by atoms with Crippen LogP contribution in [0, 0.1) is 5.92 Å². The Hall–Kier alpha value is 0.500. The third-order valence-electron chi connectivity index (χ3n) is 3.14. The van der Waals surface area contributed by atoms with Crippen LogP contribution in [0.1, 0.15) is 26.2 Å². The molecule has 0 amide bonds. The summed E-state index contributed by atoms with van der Waals surface area (Å²) in [7, 11) is 0. The van der Waals surface area contributed by atoms with E-state index in [1.807, 2.05) is 0 Å². The normalized spacial score (nSPS) is 37.8. The predicted molar refractivity (Wildman–Crippen MR) is 60.8 cm³/mol. The summed E-state index contributed by atoms with van der Waals surface area (Å²) in [4.78, 5) is 2.59. The molecule has 3 atom stereocenters. The number of hydrogen-bond acceptors (Lipinski definition) is 2. The number of rotatable bonds is 2. The van der Waals surface area contributed by atoms with E-state index in [0.29, 0.717) is 6.04 Å². The zero-order chi connectivity index (χ0) is 7.84. The molecule has 0 bridgehead atoms. The molecule has 80 valence electrons. The molecule has 2 nitrogen and oxygen atoms in total.